The number of phenols is 1. The lowest BCUT2D eigenvalue weighted by Gasteiger charge is -2.23. The predicted molar refractivity (Wildman–Crippen MR) is 85.5 cm³/mol. The maximum Gasteiger partial charge on any atom is 0.115 e. The second-order valence-electron chi connectivity index (χ2n) is 5.54. The number of hydrogen-bond acceptors (Lipinski definition) is 2. The van der Waals surface area contributed by atoms with Crippen LogP contribution >= 0.6 is 0 Å². The number of allylic oxidation sites excluding steroid dienone is 2. The number of hydrogen-bond donors (Lipinski definition) is 2. The van der Waals surface area contributed by atoms with Gasteiger partial charge in [-0.15, -0.1) is 6.58 Å². The van der Waals surface area contributed by atoms with Crippen LogP contribution in [0, 0.1) is 5.41 Å². The van der Waals surface area contributed by atoms with Crippen LogP contribution in [0.3, 0.4) is 0 Å². The van der Waals surface area contributed by atoms with E-state index in [1.807, 2.05) is 31.2 Å². The molecule has 1 aromatic carbocycles. The lowest BCUT2D eigenvalue weighted by atomic mass is 9.83. The van der Waals surface area contributed by atoms with Gasteiger partial charge < -0.3 is 10.2 Å². The molecule has 0 saturated heterocycles. The van der Waals surface area contributed by atoms with E-state index in [1.165, 1.54) is 0 Å². The zero-order chi connectivity index (χ0) is 15.2. The molecule has 1 aromatic rings. The van der Waals surface area contributed by atoms with E-state index >= 15 is 0 Å². The van der Waals surface area contributed by atoms with Crippen LogP contribution in [0.15, 0.2) is 55.1 Å². The standard InChI is InChI=1S/C18H24O2/c1-5-18(4,13-11-17(20)14(2)3)12-10-15-6-8-16(19)9-7-15/h5-10,12,17,19-20H,1-2,11,13H2,3-4H3/b12-10+/t17-,18-/m0/s1. The minimum atomic E-state index is -0.462. The summed E-state index contributed by atoms with van der Waals surface area (Å²) < 4.78 is 0. The average Bonchev–Trinajstić information content (AvgIpc) is 2.44. The summed E-state index contributed by atoms with van der Waals surface area (Å²) in [5.74, 6) is 0.262. The van der Waals surface area contributed by atoms with Crippen molar-refractivity contribution in [3.8, 4) is 5.75 Å². The van der Waals surface area contributed by atoms with E-state index in [2.05, 4.69) is 26.2 Å². The Morgan fingerprint density at radius 3 is 2.45 bits per heavy atom. The van der Waals surface area contributed by atoms with Crippen LogP contribution in [0.5, 0.6) is 5.75 Å². The molecule has 0 radical (unpaired) electrons. The van der Waals surface area contributed by atoms with Gasteiger partial charge in [0, 0.05) is 5.41 Å². The van der Waals surface area contributed by atoms with Gasteiger partial charge in [0.2, 0.25) is 0 Å². The van der Waals surface area contributed by atoms with Crippen molar-refractivity contribution in [3.05, 3.63) is 60.7 Å². The zero-order valence-corrected chi connectivity index (χ0v) is 12.3. The van der Waals surface area contributed by atoms with Crippen LogP contribution in [0.1, 0.15) is 32.3 Å². The van der Waals surface area contributed by atoms with Crippen molar-refractivity contribution >= 4 is 6.08 Å². The molecule has 108 valence electrons. The molecule has 0 saturated carbocycles. The largest absolute Gasteiger partial charge is 0.508 e. The Hall–Kier alpha value is -1.80. The van der Waals surface area contributed by atoms with E-state index < -0.39 is 6.10 Å². The van der Waals surface area contributed by atoms with Crippen molar-refractivity contribution in [3.63, 3.8) is 0 Å². The van der Waals surface area contributed by atoms with Crippen LogP contribution in [0.2, 0.25) is 0 Å². The van der Waals surface area contributed by atoms with Gasteiger partial charge in [-0.2, -0.15) is 0 Å². The Labute approximate surface area is 121 Å². The summed E-state index contributed by atoms with van der Waals surface area (Å²) in [5, 5.41) is 19.1. The second-order valence-corrected chi connectivity index (χ2v) is 5.54. The van der Waals surface area contributed by atoms with Crippen molar-refractivity contribution in [2.24, 2.45) is 5.41 Å². The van der Waals surface area contributed by atoms with Gasteiger partial charge in [-0.25, -0.2) is 0 Å². The van der Waals surface area contributed by atoms with Crippen molar-refractivity contribution in [1.82, 2.24) is 0 Å². The molecule has 0 heterocycles. The third-order valence-electron chi connectivity index (χ3n) is 3.54. The van der Waals surface area contributed by atoms with Crippen molar-refractivity contribution in [2.45, 2.75) is 32.8 Å². The molecule has 0 bridgehead atoms. The second kappa shape index (κ2) is 7.11. The number of benzene rings is 1. The molecule has 0 aliphatic heterocycles. The molecule has 0 aliphatic carbocycles. The van der Waals surface area contributed by atoms with E-state index in [4.69, 9.17) is 0 Å². The molecule has 2 nitrogen and oxygen atoms in total. The van der Waals surface area contributed by atoms with Crippen LogP contribution in [0.4, 0.5) is 0 Å². The van der Waals surface area contributed by atoms with Gasteiger partial charge in [0.1, 0.15) is 5.75 Å². The molecule has 0 unspecified atom stereocenters. The normalized spacial score (nSPS) is 15.8. The van der Waals surface area contributed by atoms with Crippen molar-refractivity contribution < 1.29 is 10.2 Å². The lowest BCUT2D eigenvalue weighted by Crippen LogP contribution is -2.15. The Morgan fingerprint density at radius 1 is 1.35 bits per heavy atom. The number of rotatable bonds is 7. The molecular weight excluding hydrogens is 248 g/mol. The van der Waals surface area contributed by atoms with Crippen LogP contribution in [-0.4, -0.2) is 16.3 Å². The van der Waals surface area contributed by atoms with Gasteiger partial charge in [0.15, 0.2) is 0 Å². The highest BCUT2D eigenvalue weighted by Crippen LogP contribution is 2.29. The average molecular weight is 272 g/mol. The summed E-state index contributed by atoms with van der Waals surface area (Å²) in [6, 6.07) is 7.04. The molecule has 2 heteroatoms. The summed E-state index contributed by atoms with van der Waals surface area (Å²) >= 11 is 0. The summed E-state index contributed by atoms with van der Waals surface area (Å²) in [5.41, 5.74) is 1.64. The van der Waals surface area contributed by atoms with E-state index in [1.54, 1.807) is 12.1 Å². The molecular formula is C18H24O2. The van der Waals surface area contributed by atoms with Crippen molar-refractivity contribution in [1.29, 1.82) is 0 Å². The molecule has 0 fully saturated rings. The first-order valence-corrected chi connectivity index (χ1v) is 6.81. The summed E-state index contributed by atoms with van der Waals surface area (Å²) in [6.45, 7) is 11.6. The summed E-state index contributed by atoms with van der Waals surface area (Å²) in [7, 11) is 0. The molecule has 20 heavy (non-hydrogen) atoms. The van der Waals surface area contributed by atoms with E-state index in [-0.39, 0.29) is 11.2 Å². The monoisotopic (exact) mass is 272 g/mol. The zero-order valence-electron chi connectivity index (χ0n) is 12.3. The highest BCUT2D eigenvalue weighted by atomic mass is 16.3. The number of aliphatic hydroxyl groups is 1. The summed E-state index contributed by atoms with van der Waals surface area (Å²) in [6.07, 6.45) is 6.99. The topological polar surface area (TPSA) is 40.5 Å². The molecule has 0 spiro atoms. The first-order valence-electron chi connectivity index (χ1n) is 6.81. The van der Waals surface area contributed by atoms with Gasteiger partial charge in [0.05, 0.1) is 6.10 Å². The maximum absolute atomic E-state index is 9.82. The smallest absolute Gasteiger partial charge is 0.115 e. The fourth-order valence-electron chi connectivity index (χ4n) is 1.82. The highest BCUT2D eigenvalue weighted by molar-refractivity contribution is 5.51. The molecule has 2 atom stereocenters. The van der Waals surface area contributed by atoms with E-state index in [9.17, 15) is 10.2 Å². The SMILES string of the molecule is C=C[C@@](C)(/C=C/c1ccc(O)cc1)CC[C@H](O)C(=C)C. The molecule has 0 amide bonds. The lowest BCUT2D eigenvalue weighted by molar-refractivity contribution is 0.187. The number of aliphatic hydroxyl groups excluding tert-OH is 1. The van der Waals surface area contributed by atoms with E-state index in [0.29, 0.717) is 6.42 Å². The Morgan fingerprint density at radius 2 is 1.95 bits per heavy atom. The highest BCUT2D eigenvalue weighted by Gasteiger charge is 2.18. The molecule has 2 N–H and O–H groups in total. The molecule has 1 rings (SSSR count). The Kier molecular flexibility index (Phi) is 5.78. The fraction of sp³-hybridized carbons (Fsp3) is 0.333. The van der Waals surface area contributed by atoms with Gasteiger partial charge in [-0.05, 0) is 37.5 Å². The predicted octanol–water partition coefficient (Wildman–Crippen LogP) is 4.31. The van der Waals surface area contributed by atoms with E-state index in [0.717, 1.165) is 17.6 Å². The van der Waals surface area contributed by atoms with Gasteiger partial charge in [-0.1, -0.05) is 49.4 Å². The van der Waals surface area contributed by atoms with Gasteiger partial charge in [0.25, 0.3) is 0 Å². The first-order chi connectivity index (χ1) is 9.36. The van der Waals surface area contributed by atoms with Crippen LogP contribution in [0.25, 0.3) is 6.08 Å². The van der Waals surface area contributed by atoms with Crippen LogP contribution < -0.4 is 0 Å². The third-order valence-corrected chi connectivity index (χ3v) is 3.54. The Balaban J connectivity index is 2.71. The quantitative estimate of drug-likeness (QED) is 0.726. The van der Waals surface area contributed by atoms with Crippen LogP contribution in [-0.2, 0) is 0 Å². The Bertz CT molecular complexity index is 485. The van der Waals surface area contributed by atoms with Gasteiger partial charge in [-0.3, -0.25) is 0 Å². The number of aromatic hydroxyl groups is 1. The van der Waals surface area contributed by atoms with Crippen molar-refractivity contribution in [2.75, 3.05) is 0 Å². The minimum absolute atomic E-state index is 0.172. The first kappa shape index (κ1) is 16.3. The third kappa shape index (κ3) is 5.06. The fourth-order valence-corrected chi connectivity index (χ4v) is 1.82. The van der Waals surface area contributed by atoms with Gasteiger partial charge >= 0.3 is 0 Å². The summed E-state index contributed by atoms with van der Waals surface area (Å²) in [4.78, 5) is 0. The maximum atomic E-state index is 9.82. The molecule has 0 aromatic heterocycles. The minimum Gasteiger partial charge on any atom is -0.508 e. The molecule has 0 aliphatic rings. The number of phenolic OH excluding ortho intramolecular Hbond substituents is 1.